The largest absolute Gasteiger partial charge is 0.494 e. The molecule has 9 nitrogen and oxygen atoms in total. The molecule has 2 N–H and O–H groups in total. The molecule has 0 aliphatic carbocycles. The van der Waals surface area contributed by atoms with E-state index in [0.29, 0.717) is 53.9 Å². The van der Waals surface area contributed by atoms with Gasteiger partial charge in [-0.1, -0.05) is 41.6 Å². The number of ether oxygens (including phenoxy) is 2. The van der Waals surface area contributed by atoms with E-state index in [0.717, 1.165) is 16.7 Å². The maximum atomic E-state index is 10.6. The maximum absolute atomic E-state index is 10.6. The number of nitrogens with zero attached hydrogens (tertiary/aromatic N) is 3. The number of aromatic nitrogens is 2. The minimum absolute atomic E-state index is 0.0517. The van der Waals surface area contributed by atoms with Gasteiger partial charge >= 0.3 is 5.97 Å². The summed E-state index contributed by atoms with van der Waals surface area (Å²) in [7, 11) is 0. The first-order valence-corrected chi connectivity index (χ1v) is 12.2. The molecule has 4 rings (SSSR count). The number of carbonyl (C=O) groups is 1. The molecule has 38 heavy (non-hydrogen) atoms. The topological polar surface area (TPSA) is 130 Å². The molecule has 0 unspecified atom stereocenters. The molecule has 1 aromatic heterocycles. The lowest BCUT2D eigenvalue weighted by Crippen LogP contribution is -2.24. The molecule has 0 amide bonds. The van der Waals surface area contributed by atoms with Crippen LogP contribution in [-0.2, 0) is 4.79 Å². The number of rotatable bonds is 12. The monoisotopic (exact) mass is 512 g/mol. The Balaban J connectivity index is 1.52. The van der Waals surface area contributed by atoms with Gasteiger partial charge in [-0.05, 0) is 68.3 Å². The van der Waals surface area contributed by atoms with Crippen LogP contribution in [-0.4, -0.2) is 47.0 Å². The molecule has 0 fully saturated rings. The van der Waals surface area contributed by atoms with E-state index in [9.17, 15) is 10.1 Å². The molecule has 0 saturated carbocycles. The number of hydrogen-bond acceptors (Lipinski definition) is 8. The van der Waals surface area contributed by atoms with E-state index in [-0.39, 0.29) is 12.6 Å². The Hall–Kier alpha value is -4.68. The SMILES string of the molecule is CC(C)Oc1ccc(-c2nc(-c3ccccc3-c3cccc(OCCCNCC(=O)O)c3)no2)cc1C#N. The lowest BCUT2D eigenvalue weighted by molar-refractivity contribution is -0.135. The number of benzene rings is 3. The summed E-state index contributed by atoms with van der Waals surface area (Å²) in [5.74, 6) is 1.06. The molecule has 4 aromatic rings. The minimum Gasteiger partial charge on any atom is -0.494 e. The van der Waals surface area contributed by atoms with Gasteiger partial charge in [-0.3, -0.25) is 4.79 Å². The molecule has 3 aromatic carbocycles. The average Bonchev–Trinajstić information content (AvgIpc) is 3.41. The van der Waals surface area contributed by atoms with Crippen LogP contribution >= 0.6 is 0 Å². The summed E-state index contributed by atoms with van der Waals surface area (Å²) in [6.07, 6.45) is 0.627. The Morgan fingerprint density at radius 1 is 1.08 bits per heavy atom. The highest BCUT2D eigenvalue weighted by atomic mass is 16.5. The third-order valence-corrected chi connectivity index (χ3v) is 5.49. The lowest BCUT2D eigenvalue weighted by atomic mass is 9.99. The number of carboxylic acids is 1. The van der Waals surface area contributed by atoms with Crippen LogP contribution in [0.2, 0.25) is 0 Å². The van der Waals surface area contributed by atoms with E-state index in [1.54, 1.807) is 18.2 Å². The first-order chi connectivity index (χ1) is 18.4. The quantitative estimate of drug-likeness (QED) is 0.247. The summed E-state index contributed by atoms with van der Waals surface area (Å²) < 4.78 is 17.1. The molecular weight excluding hydrogens is 484 g/mol. The van der Waals surface area contributed by atoms with Gasteiger partial charge in [-0.25, -0.2) is 0 Å². The van der Waals surface area contributed by atoms with Crippen LogP contribution in [0.3, 0.4) is 0 Å². The normalized spacial score (nSPS) is 10.8. The summed E-state index contributed by atoms with van der Waals surface area (Å²) in [6.45, 7) is 4.75. The number of aliphatic carboxylic acids is 1. The zero-order chi connectivity index (χ0) is 26.9. The Morgan fingerprint density at radius 3 is 2.66 bits per heavy atom. The van der Waals surface area contributed by atoms with E-state index in [1.807, 2.05) is 62.4 Å². The Bertz CT molecular complexity index is 1440. The van der Waals surface area contributed by atoms with Gasteiger partial charge in [-0.2, -0.15) is 10.2 Å². The predicted molar refractivity (Wildman–Crippen MR) is 142 cm³/mol. The first kappa shape index (κ1) is 26.4. The summed E-state index contributed by atoms with van der Waals surface area (Å²) in [6, 6.07) is 22.8. The van der Waals surface area contributed by atoms with Crippen molar-refractivity contribution in [3.05, 3.63) is 72.3 Å². The van der Waals surface area contributed by atoms with Crippen LogP contribution in [0.25, 0.3) is 34.0 Å². The molecule has 1 heterocycles. The molecule has 194 valence electrons. The van der Waals surface area contributed by atoms with Gasteiger partial charge in [0, 0.05) is 11.1 Å². The van der Waals surface area contributed by atoms with Gasteiger partial charge < -0.3 is 24.4 Å². The second kappa shape index (κ2) is 12.5. The van der Waals surface area contributed by atoms with Crippen molar-refractivity contribution < 1.29 is 23.9 Å². The van der Waals surface area contributed by atoms with Crippen molar-refractivity contribution in [3.8, 4) is 51.5 Å². The third-order valence-electron chi connectivity index (χ3n) is 5.49. The Kier molecular flexibility index (Phi) is 8.69. The van der Waals surface area contributed by atoms with Crippen LogP contribution in [0.1, 0.15) is 25.8 Å². The maximum Gasteiger partial charge on any atom is 0.317 e. The summed E-state index contributed by atoms with van der Waals surface area (Å²) in [5.41, 5.74) is 3.65. The highest BCUT2D eigenvalue weighted by Crippen LogP contribution is 2.34. The second-order valence-electron chi connectivity index (χ2n) is 8.76. The van der Waals surface area contributed by atoms with E-state index >= 15 is 0 Å². The van der Waals surface area contributed by atoms with Gasteiger partial charge in [0.1, 0.15) is 17.6 Å². The van der Waals surface area contributed by atoms with E-state index < -0.39 is 5.97 Å². The van der Waals surface area contributed by atoms with E-state index in [1.165, 1.54) is 0 Å². The predicted octanol–water partition coefficient (Wildman–Crippen LogP) is 5.17. The number of nitriles is 1. The molecule has 0 saturated heterocycles. The van der Waals surface area contributed by atoms with Crippen molar-refractivity contribution in [2.45, 2.75) is 26.4 Å². The second-order valence-corrected chi connectivity index (χ2v) is 8.76. The Morgan fingerprint density at radius 2 is 1.89 bits per heavy atom. The van der Waals surface area contributed by atoms with E-state index in [2.05, 4.69) is 21.5 Å². The zero-order valence-electron chi connectivity index (χ0n) is 21.2. The highest BCUT2D eigenvalue weighted by Gasteiger charge is 2.17. The average molecular weight is 513 g/mol. The van der Waals surface area contributed by atoms with Crippen molar-refractivity contribution in [2.24, 2.45) is 0 Å². The van der Waals surface area contributed by atoms with Crippen LogP contribution < -0.4 is 14.8 Å². The third kappa shape index (κ3) is 6.75. The zero-order valence-corrected chi connectivity index (χ0v) is 21.2. The number of hydrogen-bond donors (Lipinski definition) is 2. The summed E-state index contributed by atoms with van der Waals surface area (Å²) in [5, 5.41) is 25.3. The van der Waals surface area contributed by atoms with Gasteiger partial charge in [0.2, 0.25) is 5.82 Å². The van der Waals surface area contributed by atoms with Gasteiger partial charge in [0.05, 0.1) is 24.8 Å². The van der Waals surface area contributed by atoms with Crippen LogP contribution in [0.5, 0.6) is 11.5 Å². The molecule has 0 atom stereocenters. The number of carboxylic acid groups (broad SMARTS) is 1. The molecular formula is C29H28N4O5. The van der Waals surface area contributed by atoms with Gasteiger partial charge in [-0.15, -0.1) is 0 Å². The lowest BCUT2D eigenvalue weighted by Gasteiger charge is -2.11. The smallest absolute Gasteiger partial charge is 0.317 e. The molecule has 0 radical (unpaired) electrons. The van der Waals surface area contributed by atoms with Crippen LogP contribution in [0, 0.1) is 11.3 Å². The van der Waals surface area contributed by atoms with Crippen molar-refractivity contribution in [2.75, 3.05) is 19.7 Å². The van der Waals surface area contributed by atoms with Crippen molar-refractivity contribution in [1.29, 1.82) is 5.26 Å². The highest BCUT2D eigenvalue weighted by molar-refractivity contribution is 5.81. The first-order valence-electron chi connectivity index (χ1n) is 12.2. The van der Waals surface area contributed by atoms with Gasteiger partial charge in [0.15, 0.2) is 0 Å². The standard InChI is InChI=1S/C29H28N4O5/c1-19(2)37-26-12-11-21(15-22(26)17-30)29-32-28(33-38-29)25-10-4-3-9-24(25)20-7-5-8-23(16-20)36-14-6-13-31-18-27(34)35/h3-5,7-12,15-16,19,31H,6,13-14,18H2,1-2H3,(H,34,35). The van der Waals surface area contributed by atoms with Crippen molar-refractivity contribution in [1.82, 2.24) is 15.5 Å². The van der Waals surface area contributed by atoms with Gasteiger partial charge in [0.25, 0.3) is 5.89 Å². The Labute approximate surface area is 220 Å². The van der Waals surface area contributed by atoms with Crippen LogP contribution in [0.4, 0.5) is 0 Å². The molecule has 0 bridgehead atoms. The fourth-order valence-corrected chi connectivity index (χ4v) is 3.82. The summed E-state index contributed by atoms with van der Waals surface area (Å²) >= 11 is 0. The van der Waals surface area contributed by atoms with Crippen LogP contribution in [0.15, 0.2) is 71.3 Å². The summed E-state index contributed by atoms with van der Waals surface area (Å²) in [4.78, 5) is 15.2. The minimum atomic E-state index is -0.882. The molecule has 0 aliphatic rings. The molecule has 9 heteroatoms. The van der Waals surface area contributed by atoms with Crippen molar-refractivity contribution >= 4 is 5.97 Å². The fourth-order valence-electron chi connectivity index (χ4n) is 3.82. The molecule has 0 aliphatic heterocycles. The fraction of sp³-hybridized carbons (Fsp3) is 0.241. The molecule has 0 spiro atoms. The van der Waals surface area contributed by atoms with E-state index in [4.69, 9.17) is 19.1 Å². The van der Waals surface area contributed by atoms with Crippen molar-refractivity contribution in [3.63, 3.8) is 0 Å². The number of nitrogens with one attached hydrogen (secondary N) is 1.